The molecule has 0 radical (unpaired) electrons. The first-order valence-corrected chi connectivity index (χ1v) is 9.89. The molecule has 9 nitrogen and oxygen atoms in total. The molecule has 2 aromatic heterocycles. The van der Waals surface area contributed by atoms with Gasteiger partial charge in [-0.3, -0.25) is 9.59 Å². The number of nitrogens with zero attached hydrogens (tertiary/aromatic N) is 2. The maximum atomic E-state index is 12.3. The minimum Gasteiger partial charge on any atom is -0.462 e. The predicted molar refractivity (Wildman–Crippen MR) is 107 cm³/mol. The van der Waals surface area contributed by atoms with Crippen molar-refractivity contribution in [1.29, 1.82) is 0 Å². The smallest absolute Gasteiger partial charge is 0.359 e. The number of carbonyl (C=O) groups excluding carboxylic acids is 3. The summed E-state index contributed by atoms with van der Waals surface area (Å²) in [4.78, 5) is 47.9. The van der Waals surface area contributed by atoms with Gasteiger partial charge >= 0.3 is 11.9 Å². The van der Waals surface area contributed by atoms with Crippen LogP contribution in [-0.2, 0) is 27.7 Å². The van der Waals surface area contributed by atoms with Crippen LogP contribution in [-0.4, -0.2) is 40.8 Å². The quantitative estimate of drug-likeness (QED) is 0.648. The summed E-state index contributed by atoms with van der Waals surface area (Å²) in [5.41, 5.74) is 0.651. The van der Waals surface area contributed by atoms with Crippen LogP contribution in [0.3, 0.4) is 0 Å². The average Bonchev–Trinajstić information content (AvgIpc) is 3.03. The van der Waals surface area contributed by atoms with Crippen molar-refractivity contribution in [2.45, 2.75) is 27.2 Å². The zero-order valence-electron chi connectivity index (χ0n) is 16.7. The van der Waals surface area contributed by atoms with E-state index in [0.29, 0.717) is 22.9 Å². The van der Waals surface area contributed by atoms with Crippen LogP contribution >= 0.6 is 11.3 Å². The van der Waals surface area contributed by atoms with Crippen LogP contribution in [0.1, 0.15) is 47.2 Å². The summed E-state index contributed by atoms with van der Waals surface area (Å²) in [6, 6.07) is 2.40. The lowest BCUT2D eigenvalue weighted by Gasteiger charge is -2.10. The van der Waals surface area contributed by atoms with Gasteiger partial charge in [-0.25, -0.2) is 14.3 Å². The minimum absolute atomic E-state index is 0.0949. The Hall–Kier alpha value is -3.01. The number of anilines is 1. The Morgan fingerprint density at radius 2 is 1.93 bits per heavy atom. The molecule has 156 valence electrons. The predicted octanol–water partition coefficient (Wildman–Crippen LogP) is 2.01. The molecule has 0 aliphatic carbocycles. The number of hydrogen-bond acceptors (Lipinski definition) is 8. The molecule has 10 heteroatoms. The summed E-state index contributed by atoms with van der Waals surface area (Å²) in [6.07, 6.45) is 0.661. The first-order valence-electron chi connectivity index (χ1n) is 9.01. The summed E-state index contributed by atoms with van der Waals surface area (Å²) in [5, 5.41) is 8.51. The molecule has 2 aromatic rings. The monoisotopic (exact) mass is 421 g/mol. The van der Waals surface area contributed by atoms with Gasteiger partial charge in [-0.15, -0.1) is 11.3 Å². The second-order valence-corrected chi connectivity index (χ2v) is 7.47. The molecule has 0 aliphatic rings. The Morgan fingerprint density at radius 1 is 1.21 bits per heavy atom. The number of esters is 2. The molecule has 0 aromatic carbocycles. The third-order valence-electron chi connectivity index (χ3n) is 3.73. The van der Waals surface area contributed by atoms with E-state index >= 15 is 0 Å². The van der Waals surface area contributed by atoms with E-state index in [0.717, 1.165) is 10.2 Å². The van der Waals surface area contributed by atoms with Crippen LogP contribution in [0, 0.1) is 5.92 Å². The molecule has 29 heavy (non-hydrogen) atoms. The third kappa shape index (κ3) is 5.98. The van der Waals surface area contributed by atoms with Crippen molar-refractivity contribution in [2.24, 2.45) is 13.0 Å². The van der Waals surface area contributed by atoms with Crippen molar-refractivity contribution in [3.8, 4) is 0 Å². The van der Waals surface area contributed by atoms with Crippen LogP contribution in [0.25, 0.3) is 0 Å². The van der Waals surface area contributed by atoms with E-state index in [4.69, 9.17) is 9.47 Å². The second-order valence-electron chi connectivity index (χ2n) is 6.59. The number of ether oxygens (including phenoxy) is 2. The fraction of sp³-hybridized carbons (Fsp3) is 0.421. The van der Waals surface area contributed by atoms with Crippen molar-refractivity contribution in [3.63, 3.8) is 0 Å². The van der Waals surface area contributed by atoms with Crippen molar-refractivity contribution < 1.29 is 23.9 Å². The number of aryl methyl sites for hydroxylation is 1. The van der Waals surface area contributed by atoms with Crippen molar-refractivity contribution in [1.82, 2.24) is 9.78 Å². The molecule has 0 fully saturated rings. The van der Waals surface area contributed by atoms with E-state index in [1.807, 2.05) is 19.2 Å². The largest absolute Gasteiger partial charge is 0.462 e. The van der Waals surface area contributed by atoms with E-state index in [1.54, 1.807) is 6.92 Å². The summed E-state index contributed by atoms with van der Waals surface area (Å²) in [6.45, 7) is 5.41. The Bertz CT molecular complexity index is 963. The Balaban J connectivity index is 2.06. The van der Waals surface area contributed by atoms with Gasteiger partial charge in [0.05, 0.1) is 12.2 Å². The Labute approximate surface area is 171 Å². The highest BCUT2D eigenvalue weighted by Gasteiger charge is 2.22. The van der Waals surface area contributed by atoms with E-state index in [-0.39, 0.29) is 17.9 Å². The lowest BCUT2D eigenvalue weighted by atomic mass is 10.0. The first kappa shape index (κ1) is 22.3. The fourth-order valence-corrected chi connectivity index (χ4v) is 3.46. The number of aromatic nitrogens is 2. The topological polar surface area (TPSA) is 117 Å². The molecule has 1 N–H and O–H groups in total. The molecule has 1 amide bonds. The summed E-state index contributed by atoms with van der Waals surface area (Å²) in [7, 11) is 1.40. The second kappa shape index (κ2) is 9.97. The zero-order chi connectivity index (χ0) is 21.6. The molecule has 0 atom stereocenters. The maximum absolute atomic E-state index is 12.3. The van der Waals surface area contributed by atoms with Crippen LogP contribution in [0.4, 0.5) is 5.00 Å². The van der Waals surface area contributed by atoms with E-state index in [1.165, 1.54) is 30.5 Å². The number of carbonyl (C=O) groups is 3. The SMILES string of the molecule is CCOC(=O)c1c(CC(C)C)csc1NC(=O)COC(=O)c1ccc(=O)n(C)n1. The number of thiophene rings is 1. The number of hydrogen-bond donors (Lipinski definition) is 1. The van der Waals surface area contributed by atoms with Crippen molar-refractivity contribution >= 4 is 34.2 Å². The molecule has 0 spiro atoms. The lowest BCUT2D eigenvalue weighted by Crippen LogP contribution is -2.25. The molecular weight excluding hydrogens is 398 g/mol. The van der Waals surface area contributed by atoms with Gasteiger partial charge in [-0.2, -0.15) is 5.10 Å². The molecule has 2 rings (SSSR count). The Kier molecular flexibility index (Phi) is 7.66. The normalized spacial score (nSPS) is 10.7. The van der Waals surface area contributed by atoms with Crippen LogP contribution in [0.2, 0.25) is 0 Å². The molecule has 0 saturated heterocycles. The van der Waals surface area contributed by atoms with E-state index < -0.39 is 24.5 Å². The minimum atomic E-state index is -0.840. The first-order chi connectivity index (χ1) is 13.7. The maximum Gasteiger partial charge on any atom is 0.359 e. The van der Waals surface area contributed by atoms with Gasteiger partial charge in [0.15, 0.2) is 12.3 Å². The molecule has 0 unspecified atom stereocenters. The van der Waals surface area contributed by atoms with Crippen LogP contribution in [0.5, 0.6) is 0 Å². The summed E-state index contributed by atoms with van der Waals surface area (Å²) < 4.78 is 11.0. The highest BCUT2D eigenvalue weighted by atomic mass is 32.1. The standard InChI is InChI=1S/C19H23N3O6S/c1-5-27-19(26)16-12(8-11(2)3)10-29-17(16)20-14(23)9-28-18(25)13-6-7-15(24)22(4)21-13/h6-7,10-11H,5,8-9H2,1-4H3,(H,20,23). The number of amides is 1. The van der Waals surface area contributed by atoms with Gasteiger partial charge in [0, 0.05) is 13.1 Å². The van der Waals surface area contributed by atoms with Gasteiger partial charge in [0.25, 0.3) is 11.5 Å². The zero-order valence-corrected chi connectivity index (χ0v) is 17.5. The highest BCUT2D eigenvalue weighted by Crippen LogP contribution is 2.30. The summed E-state index contributed by atoms with van der Waals surface area (Å²) in [5.74, 6) is -1.64. The molecule has 0 bridgehead atoms. The Morgan fingerprint density at radius 3 is 2.55 bits per heavy atom. The summed E-state index contributed by atoms with van der Waals surface area (Å²) >= 11 is 1.21. The van der Waals surface area contributed by atoms with Crippen molar-refractivity contribution in [2.75, 3.05) is 18.5 Å². The molecule has 0 aliphatic heterocycles. The highest BCUT2D eigenvalue weighted by molar-refractivity contribution is 7.15. The van der Waals surface area contributed by atoms with Crippen molar-refractivity contribution in [3.05, 3.63) is 44.7 Å². The van der Waals surface area contributed by atoms with Crippen LogP contribution in [0.15, 0.2) is 22.3 Å². The average molecular weight is 421 g/mol. The molecule has 2 heterocycles. The van der Waals surface area contributed by atoms with E-state index in [9.17, 15) is 19.2 Å². The fourth-order valence-electron chi connectivity index (χ4n) is 2.48. The van der Waals surface area contributed by atoms with E-state index in [2.05, 4.69) is 10.4 Å². The molecular formula is C19H23N3O6S. The lowest BCUT2D eigenvalue weighted by molar-refractivity contribution is -0.119. The molecule has 0 saturated carbocycles. The number of rotatable bonds is 8. The van der Waals surface area contributed by atoms with Gasteiger partial charge in [0.2, 0.25) is 0 Å². The van der Waals surface area contributed by atoms with Crippen LogP contribution < -0.4 is 10.9 Å². The van der Waals surface area contributed by atoms with Gasteiger partial charge in [0.1, 0.15) is 5.00 Å². The number of nitrogens with one attached hydrogen (secondary N) is 1. The van der Waals surface area contributed by atoms with Gasteiger partial charge in [-0.1, -0.05) is 13.8 Å². The third-order valence-corrected chi connectivity index (χ3v) is 4.68. The van der Waals surface area contributed by atoms with Gasteiger partial charge < -0.3 is 14.8 Å². The van der Waals surface area contributed by atoms with Gasteiger partial charge in [-0.05, 0) is 36.3 Å².